The molecule has 86 valence electrons. The number of Topliss-reactive ketones (excluding diaryl/α,β-unsaturated/α-hetero) is 1. The average Bonchev–Trinajstić information content (AvgIpc) is 2.23. The van der Waals surface area contributed by atoms with Gasteiger partial charge in [0.05, 0.1) is 6.54 Å². The van der Waals surface area contributed by atoms with Crippen molar-refractivity contribution in [1.29, 1.82) is 0 Å². The summed E-state index contributed by atoms with van der Waals surface area (Å²) in [6.07, 6.45) is 1.60. The molecule has 0 radical (unpaired) electrons. The smallest absolute Gasteiger partial charge is 0.151 e. The van der Waals surface area contributed by atoms with Crippen molar-refractivity contribution < 1.29 is 13.6 Å². The van der Waals surface area contributed by atoms with Gasteiger partial charge in [-0.05, 0) is 11.6 Å². The summed E-state index contributed by atoms with van der Waals surface area (Å²) in [4.78, 5) is 11.4. The second-order valence-corrected chi connectivity index (χ2v) is 3.37. The number of hydrogen-bond acceptors (Lipinski definition) is 2. The molecule has 2 nitrogen and oxygen atoms in total. The molecule has 0 bridgehead atoms. The maximum atomic E-state index is 13.2. The maximum Gasteiger partial charge on any atom is 0.151 e. The number of hydrogen-bond donors (Lipinski definition) is 1. The molecule has 0 spiro atoms. The predicted octanol–water partition coefficient (Wildman–Crippen LogP) is 1.85. The molecule has 1 rings (SSSR count). The monoisotopic (exact) mass is 225 g/mol. The van der Waals surface area contributed by atoms with Gasteiger partial charge in [-0.2, -0.15) is 0 Å². The lowest BCUT2D eigenvalue weighted by Crippen LogP contribution is -2.24. The molecule has 0 atom stereocenters. The highest BCUT2D eigenvalue weighted by Gasteiger charge is 2.08. The first kappa shape index (κ1) is 12.5. The Morgan fingerprint density at radius 1 is 1.44 bits per heavy atom. The normalized spacial score (nSPS) is 10.1. The van der Waals surface area contributed by atoms with Gasteiger partial charge in [-0.1, -0.05) is 12.1 Å². The molecule has 0 saturated carbocycles. The minimum atomic E-state index is -0.683. The third-order valence-electron chi connectivity index (χ3n) is 2.01. The maximum absolute atomic E-state index is 13.2. The summed E-state index contributed by atoms with van der Waals surface area (Å²) in [5.74, 6) is -1.47. The summed E-state index contributed by atoms with van der Waals surface area (Å²) in [5.41, 5.74) is 0.215. The zero-order valence-electron chi connectivity index (χ0n) is 8.80. The van der Waals surface area contributed by atoms with Gasteiger partial charge < -0.3 is 5.32 Å². The van der Waals surface area contributed by atoms with Crippen LogP contribution < -0.4 is 5.32 Å². The fraction of sp³-hybridized carbons (Fsp3) is 0.250. The SMILES string of the molecule is C=CCNCC(=O)Cc1ccc(F)cc1F. The van der Waals surface area contributed by atoms with E-state index in [9.17, 15) is 13.6 Å². The fourth-order valence-corrected chi connectivity index (χ4v) is 1.25. The molecule has 0 amide bonds. The van der Waals surface area contributed by atoms with Crippen LogP contribution in [0.4, 0.5) is 8.78 Å². The Labute approximate surface area is 93.0 Å². The van der Waals surface area contributed by atoms with Crippen LogP contribution in [0.2, 0.25) is 0 Å². The van der Waals surface area contributed by atoms with Gasteiger partial charge in [-0.15, -0.1) is 6.58 Å². The molecule has 0 fully saturated rings. The zero-order valence-corrected chi connectivity index (χ0v) is 8.80. The van der Waals surface area contributed by atoms with Crippen LogP contribution in [0.3, 0.4) is 0 Å². The molecule has 0 unspecified atom stereocenters. The van der Waals surface area contributed by atoms with Crippen molar-refractivity contribution in [3.05, 3.63) is 48.1 Å². The number of ketones is 1. The van der Waals surface area contributed by atoms with E-state index in [1.807, 2.05) is 0 Å². The first-order valence-corrected chi connectivity index (χ1v) is 4.90. The topological polar surface area (TPSA) is 29.1 Å². The third kappa shape index (κ3) is 3.90. The van der Waals surface area contributed by atoms with Crippen molar-refractivity contribution >= 4 is 5.78 Å². The lowest BCUT2D eigenvalue weighted by molar-refractivity contribution is -0.117. The van der Waals surface area contributed by atoms with Crippen LogP contribution >= 0.6 is 0 Å². The average molecular weight is 225 g/mol. The molecular weight excluding hydrogens is 212 g/mol. The van der Waals surface area contributed by atoms with E-state index in [-0.39, 0.29) is 24.3 Å². The molecule has 16 heavy (non-hydrogen) atoms. The van der Waals surface area contributed by atoms with E-state index < -0.39 is 11.6 Å². The lowest BCUT2D eigenvalue weighted by atomic mass is 10.1. The van der Waals surface area contributed by atoms with Crippen LogP contribution in [0.5, 0.6) is 0 Å². The van der Waals surface area contributed by atoms with Crippen LogP contribution in [-0.2, 0) is 11.2 Å². The van der Waals surface area contributed by atoms with Crippen molar-refractivity contribution in [2.45, 2.75) is 6.42 Å². The van der Waals surface area contributed by atoms with Crippen LogP contribution in [0.25, 0.3) is 0 Å². The Bertz CT molecular complexity index is 391. The molecule has 4 heteroatoms. The van der Waals surface area contributed by atoms with Crippen LogP contribution in [0.15, 0.2) is 30.9 Å². The number of rotatable bonds is 6. The number of benzene rings is 1. The molecule has 0 heterocycles. The van der Waals surface area contributed by atoms with Gasteiger partial charge in [-0.3, -0.25) is 4.79 Å². The quantitative estimate of drug-likeness (QED) is 0.591. The fourth-order valence-electron chi connectivity index (χ4n) is 1.25. The largest absolute Gasteiger partial charge is 0.307 e. The van der Waals surface area contributed by atoms with Gasteiger partial charge in [0, 0.05) is 19.0 Å². The summed E-state index contributed by atoms with van der Waals surface area (Å²) in [5, 5.41) is 2.82. The van der Waals surface area contributed by atoms with Crippen molar-refractivity contribution in [2.75, 3.05) is 13.1 Å². The summed E-state index contributed by atoms with van der Waals surface area (Å²) in [7, 11) is 0. The Hall–Kier alpha value is -1.55. The number of halogens is 2. The first-order valence-electron chi connectivity index (χ1n) is 4.90. The number of carbonyl (C=O) groups is 1. The highest BCUT2D eigenvalue weighted by atomic mass is 19.1. The molecule has 0 aliphatic rings. The highest BCUT2D eigenvalue weighted by Crippen LogP contribution is 2.10. The van der Waals surface area contributed by atoms with Crippen molar-refractivity contribution in [3.8, 4) is 0 Å². The van der Waals surface area contributed by atoms with Crippen LogP contribution in [0.1, 0.15) is 5.56 Å². The van der Waals surface area contributed by atoms with Gasteiger partial charge >= 0.3 is 0 Å². The van der Waals surface area contributed by atoms with E-state index in [2.05, 4.69) is 11.9 Å². The van der Waals surface area contributed by atoms with Crippen molar-refractivity contribution in [2.24, 2.45) is 0 Å². The highest BCUT2D eigenvalue weighted by molar-refractivity contribution is 5.82. The first-order chi connectivity index (χ1) is 7.63. The van der Waals surface area contributed by atoms with E-state index in [0.717, 1.165) is 12.1 Å². The summed E-state index contributed by atoms with van der Waals surface area (Å²) < 4.78 is 25.8. The van der Waals surface area contributed by atoms with Crippen LogP contribution in [-0.4, -0.2) is 18.9 Å². The van der Waals surface area contributed by atoms with E-state index in [1.54, 1.807) is 6.08 Å². The van der Waals surface area contributed by atoms with Crippen LogP contribution in [0, 0.1) is 11.6 Å². The van der Waals surface area contributed by atoms with Gasteiger partial charge in [0.2, 0.25) is 0 Å². The summed E-state index contributed by atoms with van der Waals surface area (Å²) in [6, 6.07) is 3.21. The molecular formula is C12H13F2NO. The molecule has 1 aromatic rings. The molecule has 0 aliphatic heterocycles. The molecule has 1 N–H and O–H groups in total. The van der Waals surface area contributed by atoms with Gasteiger partial charge in [-0.25, -0.2) is 8.78 Å². The summed E-state index contributed by atoms with van der Waals surface area (Å²) >= 11 is 0. The van der Waals surface area contributed by atoms with Gasteiger partial charge in [0.25, 0.3) is 0 Å². The van der Waals surface area contributed by atoms with Crippen molar-refractivity contribution in [3.63, 3.8) is 0 Å². The number of nitrogens with one attached hydrogen (secondary N) is 1. The number of carbonyl (C=O) groups excluding carboxylic acids is 1. The van der Waals surface area contributed by atoms with E-state index in [0.29, 0.717) is 6.54 Å². The van der Waals surface area contributed by atoms with E-state index in [4.69, 9.17) is 0 Å². The van der Waals surface area contributed by atoms with Gasteiger partial charge in [0.15, 0.2) is 5.78 Å². The molecule has 0 saturated heterocycles. The van der Waals surface area contributed by atoms with E-state index >= 15 is 0 Å². The van der Waals surface area contributed by atoms with Crippen molar-refractivity contribution in [1.82, 2.24) is 5.32 Å². The second-order valence-electron chi connectivity index (χ2n) is 3.37. The Balaban J connectivity index is 2.52. The predicted molar refractivity (Wildman–Crippen MR) is 58.1 cm³/mol. The lowest BCUT2D eigenvalue weighted by Gasteiger charge is -2.03. The standard InChI is InChI=1S/C12H13F2NO/c1-2-5-15-8-11(16)6-9-3-4-10(13)7-12(9)14/h2-4,7,15H,1,5-6,8H2. The zero-order chi connectivity index (χ0) is 12.0. The second kappa shape index (κ2) is 6.12. The summed E-state index contributed by atoms with van der Waals surface area (Å²) in [6.45, 7) is 4.17. The van der Waals surface area contributed by atoms with E-state index in [1.165, 1.54) is 6.07 Å². The Morgan fingerprint density at radius 3 is 2.81 bits per heavy atom. The minimum absolute atomic E-state index is 0.0315. The molecule has 0 aliphatic carbocycles. The Kier molecular flexibility index (Phi) is 4.79. The molecule has 1 aromatic carbocycles. The minimum Gasteiger partial charge on any atom is -0.307 e. The third-order valence-corrected chi connectivity index (χ3v) is 2.01. The Morgan fingerprint density at radius 2 is 2.19 bits per heavy atom. The molecule has 0 aromatic heterocycles. The van der Waals surface area contributed by atoms with Gasteiger partial charge in [0.1, 0.15) is 11.6 Å².